The number of nitrogens with one attached hydrogen (secondary N) is 3. The minimum atomic E-state index is -4.51. The van der Waals surface area contributed by atoms with Crippen molar-refractivity contribution < 1.29 is 18.0 Å². The minimum Gasteiger partial charge on any atom is -0.341 e. The first-order valence-corrected chi connectivity index (χ1v) is 9.71. The molecule has 0 bridgehead atoms. The molecule has 0 unspecified atom stereocenters. The fraction of sp³-hybridized carbons (Fsp3) is 0.450. The van der Waals surface area contributed by atoms with E-state index < -0.39 is 17.9 Å². The highest BCUT2D eigenvalue weighted by atomic mass is 19.4. The molecule has 0 radical (unpaired) electrons. The molecule has 1 saturated heterocycles. The number of carbonyl (C=O) groups is 1. The number of likely N-dealkylation sites (tertiary alicyclic amines) is 1. The molecular weight excluding hydrogens is 397 g/mol. The van der Waals surface area contributed by atoms with Crippen LogP contribution in [-0.4, -0.2) is 45.5 Å². The van der Waals surface area contributed by atoms with Crippen LogP contribution in [0.4, 0.5) is 23.7 Å². The lowest BCUT2D eigenvalue weighted by Crippen LogP contribution is -2.46. The molecule has 3 rings (SSSR count). The zero-order valence-corrected chi connectivity index (χ0v) is 17.0. The van der Waals surface area contributed by atoms with Crippen molar-refractivity contribution in [3.63, 3.8) is 0 Å². The van der Waals surface area contributed by atoms with Crippen molar-refractivity contribution in [2.24, 2.45) is 0 Å². The minimum absolute atomic E-state index is 0.0178. The Balaban J connectivity index is 1.64. The predicted molar refractivity (Wildman–Crippen MR) is 108 cm³/mol. The van der Waals surface area contributed by atoms with Crippen LogP contribution >= 0.6 is 0 Å². The molecule has 3 N–H and O–H groups in total. The van der Waals surface area contributed by atoms with Crippen molar-refractivity contribution in [1.29, 1.82) is 0 Å². The molecule has 2 amide bonds. The van der Waals surface area contributed by atoms with E-state index in [-0.39, 0.29) is 17.8 Å². The van der Waals surface area contributed by atoms with Crippen LogP contribution in [0.5, 0.6) is 0 Å². The van der Waals surface area contributed by atoms with Gasteiger partial charge in [0, 0.05) is 12.6 Å². The van der Waals surface area contributed by atoms with Crippen LogP contribution in [-0.2, 0) is 6.18 Å². The molecule has 7 nitrogen and oxygen atoms in total. The third kappa shape index (κ3) is 4.99. The number of halogens is 3. The maximum absolute atomic E-state index is 12.6. The van der Waals surface area contributed by atoms with E-state index in [1.54, 1.807) is 0 Å². The van der Waals surface area contributed by atoms with E-state index in [4.69, 9.17) is 0 Å². The summed E-state index contributed by atoms with van der Waals surface area (Å²) in [5, 5.41) is 7.29. The molecule has 2 atom stereocenters. The molecule has 1 aliphatic heterocycles. The first kappa shape index (κ1) is 21.8. The molecule has 30 heavy (non-hydrogen) atoms. The van der Waals surface area contributed by atoms with Gasteiger partial charge in [-0.2, -0.15) is 13.2 Å². The maximum Gasteiger partial charge on any atom is 0.433 e. The van der Waals surface area contributed by atoms with Gasteiger partial charge in [0.25, 0.3) is 0 Å². The fourth-order valence-electron chi connectivity index (χ4n) is 3.54. The number of aromatic amines is 1. The van der Waals surface area contributed by atoms with Gasteiger partial charge < -0.3 is 15.6 Å². The van der Waals surface area contributed by atoms with Gasteiger partial charge in [0.15, 0.2) is 0 Å². The normalized spacial score (nSPS) is 21.7. The Hall–Kier alpha value is -2.88. The number of anilines is 1. The zero-order valence-electron chi connectivity index (χ0n) is 17.0. The maximum atomic E-state index is 12.6. The topological polar surface area (TPSA) is 85.9 Å². The van der Waals surface area contributed by atoms with E-state index in [0.717, 1.165) is 41.8 Å². The number of rotatable bonds is 3. The number of nitrogens with zero attached hydrogens (tertiary/aromatic N) is 3. The van der Waals surface area contributed by atoms with Gasteiger partial charge in [-0.25, -0.2) is 14.8 Å². The zero-order chi connectivity index (χ0) is 21.9. The van der Waals surface area contributed by atoms with Crippen LogP contribution < -0.4 is 21.3 Å². The molecule has 162 valence electrons. The van der Waals surface area contributed by atoms with Gasteiger partial charge >= 0.3 is 12.2 Å². The van der Waals surface area contributed by atoms with Crippen molar-refractivity contribution in [3.05, 3.63) is 40.5 Å². The third-order valence-corrected chi connectivity index (χ3v) is 5.17. The summed E-state index contributed by atoms with van der Waals surface area (Å²) in [5.41, 5.74) is -0.806. The van der Waals surface area contributed by atoms with Crippen LogP contribution in [0, 0.1) is 0 Å². The molecule has 2 aromatic rings. The van der Waals surface area contributed by atoms with Gasteiger partial charge in [0.1, 0.15) is 11.5 Å². The van der Waals surface area contributed by atoms with E-state index in [9.17, 15) is 18.0 Å². The Labute approximate surface area is 172 Å². The van der Waals surface area contributed by atoms with Gasteiger partial charge in [-0.3, -0.25) is 4.90 Å². The van der Waals surface area contributed by atoms with E-state index in [1.165, 1.54) is 6.07 Å². The van der Waals surface area contributed by atoms with E-state index in [0.29, 0.717) is 6.42 Å². The Morgan fingerprint density at radius 3 is 2.63 bits per heavy atom. The lowest BCUT2D eigenvalue weighted by atomic mass is 9.97. The number of alkyl halides is 3. The third-order valence-electron chi connectivity index (χ3n) is 5.17. The summed E-state index contributed by atoms with van der Waals surface area (Å²) < 4.78 is 37.8. The molecule has 0 aromatic carbocycles. The molecule has 0 spiro atoms. The molecule has 0 aliphatic carbocycles. The van der Waals surface area contributed by atoms with Crippen molar-refractivity contribution in [2.75, 3.05) is 18.9 Å². The average molecular weight is 422 g/mol. The molecule has 3 heterocycles. The Morgan fingerprint density at radius 2 is 2.07 bits per heavy atom. The fourth-order valence-corrected chi connectivity index (χ4v) is 3.54. The summed E-state index contributed by atoms with van der Waals surface area (Å²) in [6, 6.07) is 1.46. The van der Waals surface area contributed by atoms with E-state index in [1.807, 2.05) is 33.0 Å². The molecule has 1 fully saturated rings. The number of H-pyrrole nitrogens is 1. The van der Waals surface area contributed by atoms with Crippen LogP contribution in [0.1, 0.15) is 44.2 Å². The largest absolute Gasteiger partial charge is 0.433 e. The average Bonchev–Trinajstić information content (AvgIpc) is 3.12. The number of imidazole rings is 1. The number of piperidine rings is 1. The monoisotopic (exact) mass is 422 g/mol. The quantitative estimate of drug-likeness (QED) is 0.709. The standard InChI is InChI=1S/C20H25F3N6O/c1-4-14-15(5-2)28-18(27-14)16-10-12(8-9-29(16)3)25-19(30)26-13-6-7-17(24-11-13)20(21,22)23/h4-7,11-12,16H,8-10H2,1-3H3,(H,27,28)(H2,25,26,30)/b14-4+,15-5+/t12-,16-/m1/s1. The summed E-state index contributed by atoms with van der Waals surface area (Å²) in [6.07, 6.45) is 1.81. The number of hydrogen-bond acceptors (Lipinski definition) is 4. The first-order chi connectivity index (χ1) is 14.2. The number of carbonyl (C=O) groups excluding carboxylic acids is 1. The van der Waals surface area contributed by atoms with Crippen molar-refractivity contribution in [2.45, 2.75) is 44.9 Å². The SMILES string of the molecule is C/C=c1/nc([C@H]2C[C@H](NC(=O)Nc3ccc(C(F)(F)F)nc3)CCN2C)[nH]/c1=C/C. The van der Waals surface area contributed by atoms with Crippen molar-refractivity contribution in [1.82, 2.24) is 25.2 Å². The smallest absolute Gasteiger partial charge is 0.341 e. The van der Waals surface area contributed by atoms with Gasteiger partial charge in [0.2, 0.25) is 0 Å². The number of aromatic nitrogens is 3. The van der Waals surface area contributed by atoms with Crippen LogP contribution in [0.25, 0.3) is 12.2 Å². The summed E-state index contributed by atoms with van der Waals surface area (Å²) in [6.45, 7) is 4.65. The highest BCUT2D eigenvalue weighted by Gasteiger charge is 2.32. The first-order valence-electron chi connectivity index (χ1n) is 9.71. The van der Waals surface area contributed by atoms with Crippen LogP contribution in [0.3, 0.4) is 0 Å². The molecular formula is C20H25F3N6O. The molecule has 0 saturated carbocycles. The highest BCUT2D eigenvalue weighted by molar-refractivity contribution is 5.89. The summed E-state index contributed by atoms with van der Waals surface area (Å²) in [5.74, 6) is 0.845. The Morgan fingerprint density at radius 1 is 1.30 bits per heavy atom. The van der Waals surface area contributed by atoms with Gasteiger partial charge in [-0.15, -0.1) is 0 Å². The van der Waals surface area contributed by atoms with E-state index >= 15 is 0 Å². The second-order valence-electron chi connectivity index (χ2n) is 7.24. The van der Waals surface area contributed by atoms with Crippen LogP contribution in [0.2, 0.25) is 0 Å². The second kappa shape index (κ2) is 8.86. The van der Waals surface area contributed by atoms with Gasteiger partial charge in [0.05, 0.1) is 28.6 Å². The van der Waals surface area contributed by atoms with Crippen molar-refractivity contribution in [3.8, 4) is 0 Å². The lowest BCUT2D eigenvalue weighted by Gasteiger charge is -2.36. The number of pyridine rings is 1. The van der Waals surface area contributed by atoms with Gasteiger partial charge in [-0.05, 0) is 45.9 Å². The summed E-state index contributed by atoms with van der Waals surface area (Å²) in [4.78, 5) is 25.9. The van der Waals surface area contributed by atoms with Gasteiger partial charge in [-0.1, -0.05) is 12.2 Å². The van der Waals surface area contributed by atoms with Crippen LogP contribution in [0.15, 0.2) is 18.3 Å². The summed E-state index contributed by atoms with van der Waals surface area (Å²) >= 11 is 0. The molecule has 1 aliphatic rings. The Bertz CT molecular complexity index is 968. The second-order valence-corrected chi connectivity index (χ2v) is 7.24. The lowest BCUT2D eigenvalue weighted by molar-refractivity contribution is -0.141. The number of amides is 2. The number of hydrogen-bond donors (Lipinski definition) is 3. The predicted octanol–water partition coefficient (Wildman–Crippen LogP) is 2.38. The van der Waals surface area contributed by atoms with E-state index in [2.05, 4.69) is 30.5 Å². The summed E-state index contributed by atoms with van der Waals surface area (Å²) in [7, 11) is 2.02. The Kier molecular flexibility index (Phi) is 6.45. The molecule has 10 heteroatoms. The number of urea groups is 1. The molecule has 2 aromatic heterocycles. The van der Waals surface area contributed by atoms with Crippen molar-refractivity contribution >= 4 is 23.9 Å². The highest BCUT2D eigenvalue weighted by Crippen LogP contribution is 2.28.